The van der Waals surface area contributed by atoms with Gasteiger partial charge in [-0.1, -0.05) is 12.1 Å². The van der Waals surface area contributed by atoms with Crippen LogP contribution in [0.25, 0.3) is 0 Å². The second-order valence-corrected chi connectivity index (χ2v) is 6.45. The number of aliphatic hydroxyl groups is 1. The molecule has 1 aliphatic heterocycles. The summed E-state index contributed by atoms with van der Waals surface area (Å²) < 4.78 is 19.7. The van der Waals surface area contributed by atoms with E-state index in [1.54, 1.807) is 38.1 Å². The smallest absolute Gasteiger partial charge is 0.254 e. The molecule has 0 saturated carbocycles. The van der Waals surface area contributed by atoms with E-state index in [0.29, 0.717) is 16.9 Å². The SMILES string of the molecule is CC1(C)Oc2ccc(C#N)cc2[C@H](NC(=O)c2ccccc2F)[C@H]1O. The Morgan fingerprint density at radius 3 is 2.72 bits per heavy atom. The normalized spacial score (nSPS) is 20.8. The van der Waals surface area contributed by atoms with Gasteiger partial charge in [0.25, 0.3) is 5.91 Å². The van der Waals surface area contributed by atoms with Gasteiger partial charge in [0.2, 0.25) is 0 Å². The van der Waals surface area contributed by atoms with Crippen molar-refractivity contribution in [1.82, 2.24) is 5.32 Å². The average Bonchev–Trinajstić information content (AvgIpc) is 2.58. The van der Waals surface area contributed by atoms with E-state index < -0.39 is 29.5 Å². The van der Waals surface area contributed by atoms with Crippen LogP contribution in [0.1, 0.15) is 41.4 Å². The Balaban J connectivity index is 2.01. The van der Waals surface area contributed by atoms with Crippen molar-refractivity contribution in [1.29, 1.82) is 5.26 Å². The molecular formula is C19H17FN2O3. The van der Waals surface area contributed by atoms with Crippen molar-refractivity contribution >= 4 is 5.91 Å². The van der Waals surface area contributed by atoms with Gasteiger partial charge in [0, 0.05) is 5.56 Å². The highest BCUT2D eigenvalue weighted by Gasteiger charge is 2.43. The van der Waals surface area contributed by atoms with E-state index in [-0.39, 0.29) is 5.56 Å². The molecule has 2 aromatic rings. The summed E-state index contributed by atoms with van der Waals surface area (Å²) in [7, 11) is 0. The van der Waals surface area contributed by atoms with Crippen molar-refractivity contribution in [3.63, 3.8) is 0 Å². The fraction of sp³-hybridized carbons (Fsp3) is 0.263. The van der Waals surface area contributed by atoms with Gasteiger partial charge in [0.1, 0.15) is 23.3 Å². The maximum atomic E-state index is 13.9. The minimum absolute atomic E-state index is 0.114. The summed E-state index contributed by atoms with van der Waals surface area (Å²) >= 11 is 0. The first-order valence-electron chi connectivity index (χ1n) is 7.80. The lowest BCUT2D eigenvalue weighted by Gasteiger charge is -2.42. The number of rotatable bonds is 2. The number of carbonyl (C=O) groups excluding carboxylic acids is 1. The van der Waals surface area contributed by atoms with Crippen LogP contribution in [0, 0.1) is 17.1 Å². The molecule has 0 radical (unpaired) electrons. The molecule has 0 spiro atoms. The fourth-order valence-electron chi connectivity index (χ4n) is 2.89. The lowest BCUT2D eigenvalue weighted by atomic mass is 9.85. The molecule has 3 rings (SSSR count). The number of ether oxygens (including phenoxy) is 1. The molecule has 0 saturated heterocycles. The van der Waals surface area contributed by atoms with Crippen molar-refractivity contribution in [2.75, 3.05) is 0 Å². The Bertz CT molecular complexity index is 873. The Morgan fingerprint density at radius 1 is 1.32 bits per heavy atom. The van der Waals surface area contributed by atoms with E-state index >= 15 is 0 Å². The highest BCUT2D eigenvalue weighted by atomic mass is 19.1. The summed E-state index contributed by atoms with van der Waals surface area (Å²) in [6, 6.07) is 11.6. The molecule has 0 fully saturated rings. The van der Waals surface area contributed by atoms with Crippen LogP contribution >= 0.6 is 0 Å². The molecule has 0 aromatic heterocycles. The summed E-state index contributed by atoms with van der Waals surface area (Å²) in [6.45, 7) is 3.39. The first-order chi connectivity index (χ1) is 11.8. The van der Waals surface area contributed by atoms with Crippen LogP contribution in [0.2, 0.25) is 0 Å². The van der Waals surface area contributed by atoms with Crippen LogP contribution in [-0.4, -0.2) is 22.7 Å². The molecule has 1 heterocycles. The number of hydrogen-bond donors (Lipinski definition) is 2. The first-order valence-corrected chi connectivity index (χ1v) is 7.80. The van der Waals surface area contributed by atoms with E-state index in [2.05, 4.69) is 5.32 Å². The summed E-state index contributed by atoms with van der Waals surface area (Å²) in [5.74, 6) is -0.826. The van der Waals surface area contributed by atoms with Gasteiger partial charge < -0.3 is 15.2 Å². The van der Waals surface area contributed by atoms with Gasteiger partial charge in [-0.05, 0) is 44.2 Å². The number of fused-ring (bicyclic) bond motifs is 1. The fourth-order valence-corrected chi connectivity index (χ4v) is 2.89. The van der Waals surface area contributed by atoms with E-state index in [1.807, 2.05) is 6.07 Å². The highest BCUT2D eigenvalue weighted by Crippen LogP contribution is 2.40. The van der Waals surface area contributed by atoms with Crippen LogP contribution in [0.4, 0.5) is 4.39 Å². The number of nitrogens with zero attached hydrogens (tertiary/aromatic N) is 1. The number of hydrogen-bond acceptors (Lipinski definition) is 4. The quantitative estimate of drug-likeness (QED) is 0.881. The zero-order chi connectivity index (χ0) is 18.2. The van der Waals surface area contributed by atoms with Crippen molar-refractivity contribution in [2.45, 2.75) is 31.6 Å². The Kier molecular flexibility index (Phi) is 4.19. The summed E-state index contributed by atoms with van der Waals surface area (Å²) in [6.07, 6.45) is -1.08. The monoisotopic (exact) mass is 340 g/mol. The second kappa shape index (κ2) is 6.19. The first kappa shape index (κ1) is 16.9. The minimum Gasteiger partial charge on any atom is -0.485 e. The standard InChI is InChI=1S/C19H17FN2O3/c1-19(2)17(23)16(13-9-11(10-21)7-8-15(13)25-19)22-18(24)12-5-3-4-6-14(12)20/h3-9,16-17,23H,1-2H3,(H,22,24)/t16-,17+/m0/s1. The predicted octanol–water partition coefficient (Wildman–Crippen LogP) is 2.70. The number of halogens is 1. The molecule has 2 N–H and O–H groups in total. The maximum absolute atomic E-state index is 13.9. The zero-order valence-electron chi connectivity index (χ0n) is 13.8. The van der Waals surface area contributed by atoms with Gasteiger partial charge in [-0.25, -0.2) is 4.39 Å². The topological polar surface area (TPSA) is 82.3 Å². The van der Waals surface area contributed by atoms with Crippen LogP contribution in [0.3, 0.4) is 0 Å². The summed E-state index contributed by atoms with van der Waals surface area (Å²) in [4.78, 5) is 12.5. The van der Waals surface area contributed by atoms with Gasteiger partial charge in [-0.2, -0.15) is 5.26 Å². The van der Waals surface area contributed by atoms with Crippen LogP contribution in [-0.2, 0) is 0 Å². The molecular weight excluding hydrogens is 323 g/mol. The average molecular weight is 340 g/mol. The van der Waals surface area contributed by atoms with Gasteiger partial charge in [0.15, 0.2) is 0 Å². The number of benzene rings is 2. The molecule has 6 heteroatoms. The Labute approximate surface area is 144 Å². The number of aliphatic hydroxyl groups excluding tert-OH is 1. The lowest BCUT2D eigenvalue weighted by molar-refractivity contribution is -0.0627. The van der Waals surface area contributed by atoms with Crippen LogP contribution in [0.5, 0.6) is 5.75 Å². The van der Waals surface area contributed by atoms with Gasteiger partial charge in [-0.15, -0.1) is 0 Å². The molecule has 2 atom stereocenters. The van der Waals surface area contributed by atoms with Gasteiger partial charge in [0.05, 0.1) is 23.2 Å². The number of nitriles is 1. The summed E-state index contributed by atoms with van der Waals surface area (Å²) in [5.41, 5.74) is -0.221. The number of amides is 1. The molecule has 0 aliphatic carbocycles. The molecule has 0 unspecified atom stereocenters. The molecule has 1 amide bonds. The van der Waals surface area contributed by atoms with E-state index in [4.69, 9.17) is 10.00 Å². The van der Waals surface area contributed by atoms with Crippen LogP contribution in [0.15, 0.2) is 42.5 Å². The van der Waals surface area contributed by atoms with E-state index in [1.165, 1.54) is 18.2 Å². The highest BCUT2D eigenvalue weighted by molar-refractivity contribution is 5.94. The van der Waals surface area contributed by atoms with Gasteiger partial charge in [-0.3, -0.25) is 4.79 Å². The Morgan fingerprint density at radius 2 is 2.04 bits per heavy atom. The third-order valence-corrected chi connectivity index (χ3v) is 4.28. The molecule has 2 aromatic carbocycles. The summed E-state index contributed by atoms with van der Waals surface area (Å²) in [5, 5.41) is 22.4. The molecule has 0 bridgehead atoms. The molecule has 128 valence electrons. The molecule has 25 heavy (non-hydrogen) atoms. The zero-order valence-corrected chi connectivity index (χ0v) is 13.8. The third-order valence-electron chi connectivity index (χ3n) is 4.28. The van der Waals surface area contributed by atoms with Crippen LogP contribution < -0.4 is 10.1 Å². The number of nitrogens with one attached hydrogen (secondary N) is 1. The minimum atomic E-state index is -1.08. The number of carbonyl (C=O) groups is 1. The molecule has 1 aliphatic rings. The largest absolute Gasteiger partial charge is 0.485 e. The van der Waals surface area contributed by atoms with Gasteiger partial charge >= 0.3 is 0 Å². The predicted molar refractivity (Wildman–Crippen MR) is 88.5 cm³/mol. The third kappa shape index (κ3) is 3.06. The molecule has 5 nitrogen and oxygen atoms in total. The van der Waals surface area contributed by atoms with Crippen molar-refractivity contribution in [3.05, 3.63) is 65.0 Å². The van der Waals surface area contributed by atoms with Crippen molar-refractivity contribution in [2.24, 2.45) is 0 Å². The second-order valence-electron chi connectivity index (χ2n) is 6.45. The Hall–Kier alpha value is -2.91. The van der Waals surface area contributed by atoms with E-state index in [9.17, 15) is 14.3 Å². The van der Waals surface area contributed by atoms with Crippen molar-refractivity contribution < 1.29 is 19.0 Å². The van der Waals surface area contributed by atoms with Crippen molar-refractivity contribution in [3.8, 4) is 11.8 Å². The maximum Gasteiger partial charge on any atom is 0.254 e. The lowest BCUT2D eigenvalue weighted by Crippen LogP contribution is -2.53. The van der Waals surface area contributed by atoms with E-state index in [0.717, 1.165) is 0 Å².